The van der Waals surface area contributed by atoms with Gasteiger partial charge in [0, 0.05) is 23.2 Å². The number of aryl methyl sites for hydroxylation is 2. The second kappa shape index (κ2) is 7.43. The molecule has 1 aromatic heterocycles. The lowest BCUT2D eigenvalue weighted by Crippen LogP contribution is -2.27. The van der Waals surface area contributed by atoms with Crippen molar-refractivity contribution in [1.82, 2.24) is 5.43 Å². The van der Waals surface area contributed by atoms with Gasteiger partial charge in [0.2, 0.25) is 0 Å². The molecule has 0 spiro atoms. The Labute approximate surface area is 151 Å². The van der Waals surface area contributed by atoms with E-state index in [4.69, 9.17) is 10.2 Å². The minimum absolute atomic E-state index is 0.267. The lowest BCUT2D eigenvalue weighted by atomic mass is 9.93. The maximum atomic E-state index is 12.6. The number of rotatable bonds is 4. The summed E-state index contributed by atoms with van der Waals surface area (Å²) >= 11 is 0. The van der Waals surface area contributed by atoms with Crippen LogP contribution in [0.25, 0.3) is 0 Å². The summed E-state index contributed by atoms with van der Waals surface area (Å²) in [5.41, 5.74) is 11.4. The number of nitrogens with zero attached hydrogens (tertiary/aromatic N) is 1. The number of hydrazone groups is 1. The molecule has 0 saturated carbocycles. The highest BCUT2D eigenvalue weighted by Crippen LogP contribution is 2.30. The zero-order valence-corrected chi connectivity index (χ0v) is 14.9. The molecule has 1 aliphatic carbocycles. The smallest absolute Gasteiger partial charge is 0.332 e. The van der Waals surface area contributed by atoms with Crippen molar-refractivity contribution < 1.29 is 14.0 Å². The fourth-order valence-electron chi connectivity index (χ4n) is 3.13. The van der Waals surface area contributed by atoms with Gasteiger partial charge in [-0.3, -0.25) is 4.79 Å². The molecule has 0 radical (unpaired) electrons. The van der Waals surface area contributed by atoms with E-state index < -0.39 is 6.03 Å². The van der Waals surface area contributed by atoms with Crippen LogP contribution in [0, 0.1) is 6.92 Å². The van der Waals surface area contributed by atoms with Gasteiger partial charge in [0.25, 0.3) is 5.91 Å². The molecule has 0 saturated heterocycles. The Morgan fingerprint density at radius 2 is 1.96 bits per heavy atom. The average molecular weight is 354 g/mol. The Balaban J connectivity index is 1.85. The highest BCUT2D eigenvalue weighted by Gasteiger charge is 2.28. The van der Waals surface area contributed by atoms with Gasteiger partial charge in [0.15, 0.2) is 5.76 Å². The zero-order chi connectivity index (χ0) is 18.7. The van der Waals surface area contributed by atoms with E-state index in [0.29, 0.717) is 29.1 Å². The maximum absolute atomic E-state index is 12.6. The van der Waals surface area contributed by atoms with Crippen molar-refractivity contribution in [1.29, 1.82) is 0 Å². The third-order valence-electron chi connectivity index (χ3n) is 4.45. The van der Waals surface area contributed by atoms with Crippen molar-refractivity contribution in [3.8, 4) is 0 Å². The molecule has 26 heavy (non-hydrogen) atoms. The highest BCUT2D eigenvalue weighted by atomic mass is 16.4. The van der Waals surface area contributed by atoms with E-state index in [9.17, 15) is 9.59 Å². The maximum Gasteiger partial charge on any atom is 0.332 e. The van der Waals surface area contributed by atoms with Crippen LogP contribution in [0.3, 0.4) is 0 Å². The quantitative estimate of drug-likeness (QED) is 0.734. The zero-order valence-electron chi connectivity index (χ0n) is 14.9. The van der Waals surface area contributed by atoms with Crippen molar-refractivity contribution >= 4 is 23.3 Å². The summed E-state index contributed by atoms with van der Waals surface area (Å²) in [6.07, 6.45) is 3.19. The molecule has 0 aliphatic heterocycles. The Hall–Kier alpha value is -3.09. The van der Waals surface area contributed by atoms with Crippen LogP contribution in [-0.4, -0.2) is 17.6 Å². The molecular formula is C19H22N4O3. The summed E-state index contributed by atoms with van der Waals surface area (Å²) in [6, 6.07) is 6.99. The number of nitrogens with one attached hydrogen (secondary N) is 2. The molecule has 3 amide bonds. The van der Waals surface area contributed by atoms with Crippen LogP contribution in [0.5, 0.6) is 0 Å². The van der Waals surface area contributed by atoms with E-state index in [1.165, 1.54) is 5.56 Å². The highest BCUT2D eigenvalue weighted by molar-refractivity contribution is 6.09. The van der Waals surface area contributed by atoms with Crippen LogP contribution in [0.2, 0.25) is 0 Å². The van der Waals surface area contributed by atoms with E-state index in [0.717, 1.165) is 24.8 Å². The number of fused-ring (bicyclic) bond motifs is 1. The number of amides is 3. The SMILES string of the molecule is CCc1ccc(NC(=O)c2oc3c(c2C)/C(=N/NC(N)=O)CCC3)cc1. The van der Waals surface area contributed by atoms with Gasteiger partial charge >= 0.3 is 6.03 Å². The third kappa shape index (κ3) is 3.61. The monoisotopic (exact) mass is 354 g/mol. The molecule has 0 bridgehead atoms. The molecule has 136 valence electrons. The van der Waals surface area contributed by atoms with E-state index in [1.54, 1.807) is 0 Å². The Kier molecular flexibility index (Phi) is 5.06. The lowest BCUT2D eigenvalue weighted by molar-refractivity contribution is 0.0994. The molecule has 4 N–H and O–H groups in total. The standard InChI is InChI=1S/C19H22N4O3/c1-3-12-7-9-13(10-8-12)21-18(24)17-11(2)16-14(22-23-19(20)25)5-4-6-15(16)26-17/h7-10H,3-6H2,1-2H3,(H,21,24)(H3,20,23,25)/b22-14+. The molecule has 7 nitrogen and oxygen atoms in total. The van der Waals surface area contributed by atoms with Crippen LogP contribution in [0.15, 0.2) is 33.8 Å². The van der Waals surface area contributed by atoms with Gasteiger partial charge in [-0.25, -0.2) is 10.2 Å². The van der Waals surface area contributed by atoms with Crippen LogP contribution in [0.1, 0.15) is 52.8 Å². The number of carbonyl (C=O) groups is 2. The van der Waals surface area contributed by atoms with E-state index in [1.807, 2.05) is 31.2 Å². The van der Waals surface area contributed by atoms with Crippen molar-refractivity contribution in [3.05, 3.63) is 52.5 Å². The van der Waals surface area contributed by atoms with Crippen molar-refractivity contribution in [2.24, 2.45) is 10.8 Å². The van der Waals surface area contributed by atoms with Gasteiger partial charge in [0.1, 0.15) is 5.76 Å². The summed E-state index contributed by atoms with van der Waals surface area (Å²) < 4.78 is 5.82. The summed E-state index contributed by atoms with van der Waals surface area (Å²) in [5.74, 6) is 0.678. The first kappa shape index (κ1) is 17.7. The Morgan fingerprint density at radius 3 is 2.62 bits per heavy atom. The van der Waals surface area contributed by atoms with E-state index >= 15 is 0 Å². The molecule has 3 rings (SSSR count). The summed E-state index contributed by atoms with van der Waals surface area (Å²) in [5, 5.41) is 6.92. The number of nitrogens with two attached hydrogens (primary N) is 1. The first-order valence-corrected chi connectivity index (χ1v) is 8.64. The van der Waals surface area contributed by atoms with Gasteiger partial charge < -0.3 is 15.5 Å². The molecule has 1 aliphatic rings. The number of urea groups is 1. The van der Waals surface area contributed by atoms with Gasteiger partial charge in [-0.2, -0.15) is 5.10 Å². The lowest BCUT2D eigenvalue weighted by Gasteiger charge is -2.13. The van der Waals surface area contributed by atoms with Gasteiger partial charge in [-0.15, -0.1) is 0 Å². The first-order valence-electron chi connectivity index (χ1n) is 8.64. The summed E-state index contributed by atoms with van der Waals surface area (Å²) in [4.78, 5) is 23.6. The third-order valence-corrected chi connectivity index (χ3v) is 4.45. The van der Waals surface area contributed by atoms with Crippen LogP contribution in [0.4, 0.5) is 10.5 Å². The molecule has 0 fully saturated rings. The number of hydrogen-bond donors (Lipinski definition) is 3. The number of carbonyl (C=O) groups excluding carboxylic acids is 2. The molecular weight excluding hydrogens is 332 g/mol. The molecule has 2 aromatic rings. The fraction of sp³-hybridized carbons (Fsp3) is 0.316. The summed E-state index contributed by atoms with van der Waals surface area (Å²) in [7, 11) is 0. The second-order valence-electron chi connectivity index (χ2n) is 6.25. The average Bonchev–Trinajstić information content (AvgIpc) is 2.98. The molecule has 1 heterocycles. The Bertz CT molecular complexity index is 866. The van der Waals surface area contributed by atoms with Crippen LogP contribution < -0.4 is 16.5 Å². The molecule has 0 unspecified atom stereocenters. The normalized spacial score (nSPS) is 14.8. The predicted molar refractivity (Wildman–Crippen MR) is 99.4 cm³/mol. The second-order valence-corrected chi connectivity index (χ2v) is 6.25. The number of primary amides is 1. The number of benzene rings is 1. The van der Waals surface area contributed by atoms with Crippen molar-refractivity contribution in [2.75, 3.05) is 5.32 Å². The molecule has 0 atom stereocenters. The van der Waals surface area contributed by atoms with Crippen molar-refractivity contribution in [2.45, 2.75) is 39.5 Å². The largest absolute Gasteiger partial charge is 0.455 e. The van der Waals surface area contributed by atoms with Crippen LogP contribution >= 0.6 is 0 Å². The minimum atomic E-state index is -0.723. The van der Waals surface area contributed by atoms with Gasteiger partial charge in [-0.05, 0) is 43.9 Å². The number of anilines is 1. The number of furan rings is 1. The summed E-state index contributed by atoms with van der Waals surface area (Å²) in [6.45, 7) is 3.90. The number of hydrogen-bond acceptors (Lipinski definition) is 4. The van der Waals surface area contributed by atoms with Crippen LogP contribution in [-0.2, 0) is 12.8 Å². The Morgan fingerprint density at radius 1 is 1.23 bits per heavy atom. The van der Waals surface area contributed by atoms with Crippen molar-refractivity contribution in [3.63, 3.8) is 0 Å². The van der Waals surface area contributed by atoms with E-state index in [-0.39, 0.29) is 11.7 Å². The fourth-order valence-corrected chi connectivity index (χ4v) is 3.13. The van der Waals surface area contributed by atoms with E-state index in [2.05, 4.69) is 22.8 Å². The van der Waals surface area contributed by atoms with Gasteiger partial charge in [-0.1, -0.05) is 19.1 Å². The molecule has 7 heteroatoms. The topological polar surface area (TPSA) is 110 Å². The predicted octanol–water partition coefficient (Wildman–Crippen LogP) is 3.11. The minimum Gasteiger partial charge on any atom is -0.455 e. The first-order chi connectivity index (χ1) is 12.5. The molecule has 1 aromatic carbocycles. The van der Waals surface area contributed by atoms with Gasteiger partial charge in [0.05, 0.1) is 5.71 Å².